The van der Waals surface area contributed by atoms with Gasteiger partial charge in [-0.15, -0.1) is 0 Å². The first-order valence-corrected chi connectivity index (χ1v) is 5.89. The first-order chi connectivity index (χ1) is 7.83. The molecule has 1 saturated carbocycles. The molecule has 0 unspecified atom stereocenters. The van der Waals surface area contributed by atoms with Crippen molar-refractivity contribution in [2.24, 2.45) is 0 Å². The molecular weight excluding hydrogens is 216 g/mol. The number of carboxylic acid groups (broad SMARTS) is 1. The van der Waals surface area contributed by atoms with Gasteiger partial charge in [-0.05, 0) is 37.8 Å². The number of carboxylic acids is 1. The second-order valence-electron chi connectivity index (χ2n) is 5.49. The average molecular weight is 234 g/mol. The van der Waals surface area contributed by atoms with Crippen molar-refractivity contribution in [1.29, 1.82) is 0 Å². The number of aliphatic hydroxyl groups is 1. The summed E-state index contributed by atoms with van der Waals surface area (Å²) in [6.07, 6.45) is 2.03. The lowest BCUT2D eigenvalue weighted by Gasteiger charge is -2.21. The molecule has 0 bridgehead atoms. The summed E-state index contributed by atoms with van der Waals surface area (Å²) in [6.45, 7) is 3.48. The van der Waals surface area contributed by atoms with Crippen LogP contribution < -0.4 is 0 Å². The van der Waals surface area contributed by atoms with E-state index in [9.17, 15) is 9.90 Å². The first kappa shape index (κ1) is 12.1. The van der Waals surface area contributed by atoms with Crippen LogP contribution in [0.4, 0.5) is 0 Å². The van der Waals surface area contributed by atoms with Gasteiger partial charge in [-0.3, -0.25) is 4.79 Å². The van der Waals surface area contributed by atoms with Gasteiger partial charge in [0.2, 0.25) is 0 Å². The van der Waals surface area contributed by atoms with Gasteiger partial charge < -0.3 is 10.2 Å². The fourth-order valence-corrected chi connectivity index (χ4v) is 2.24. The van der Waals surface area contributed by atoms with Crippen molar-refractivity contribution < 1.29 is 15.0 Å². The minimum Gasteiger partial charge on any atom is -0.481 e. The summed E-state index contributed by atoms with van der Waals surface area (Å²) < 4.78 is 0. The Hall–Kier alpha value is -1.35. The monoisotopic (exact) mass is 234 g/mol. The van der Waals surface area contributed by atoms with Crippen molar-refractivity contribution in [2.75, 3.05) is 0 Å². The summed E-state index contributed by atoms with van der Waals surface area (Å²) in [5, 5.41) is 18.9. The molecule has 0 atom stereocenters. The molecule has 0 amide bonds. The highest BCUT2D eigenvalue weighted by Crippen LogP contribution is 2.51. The predicted molar refractivity (Wildman–Crippen MR) is 64.9 cm³/mol. The molecule has 1 fully saturated rings. The molecule has 0 radical (unpaired) electrons. The molecule has 1 aromatic carbocycles. The van der Waals surface area contributed by atoms with E-state index in [0.29, 0.717) is 0 Å². The van der Waals surface area contributed by atoms with Crippen molar-refractivity contribution in [2.45, 2.75) is 44.1 Å². The topological polar surface area (TPSA) is 57.5 Å². The number of hydrogen-bond donors (Lipinski definition) is 2. The van der Waals surface area contributed by atoms with E-state index in [1.54, 1.807) is 13.8 Å². The molecule has 3 nitrogen and oxygen atoms in total. The van der Waals surface area contributed by atoms with Crippen LogP contribution >= 0.6 is 0 Å². The molecule has 0 spiro atoms. The maximum atomic E-state index is 10.9. The predicted octanol–water partition coefficient (Wildman–Crippen LogP) is 2.42. The molecule has 0 saturated heterocycles. The fraction of sp³-hybridized carbons (Fsp3) is 0.500. The first-order valence-electron chi connectivity index (χ1n) is 5.89. The minimum atomic E-state index is -0.880. The molecule has 92 valence electrons. The SMILES string of the molecule is CC(C)(O)c1cccc(C2(CC(=O)O)CC2)c1. The van der Waals surface area contributed by atoms with E-state index in [-0.39, 0.29) is 11.8 Å². The second kappa shape index (κ2) is 3.84. The lowest BCUT2D eigenvalue weighted by Crippen LogP contribution is -2.18. The van der Waals surface area contributed by atoms with Crippen molar-refractivity contribution in [3.8, 4) is 0 Å². The van der Waals surface area contributed by atoms with Gasteiger partial charge in [0.05, 0.1) is 12.0 Å². The number of aliphatic carboxylic acids is 1. The zero-order chi connectivity index (χ0) is 12.7. The lowest BCUT2D eigenvalue weighted by molar-refractivity contribution is -0.137. The highest BCUT2D eigenvalue weighted by molar-refractivity contribution is 5.70. The van der Waals surface area contributed by atoms with E-state index in [2.05, 4.69) is 0 Å². The van der Waals surface area contributed by atoms with E-state index in [4.69, 9.17) is 5.11 Å². The van der Waals surface area contributed by atoms with Gasteiger partial charge in [-0.2, -0.15) is 0 Å². The number of carbonyl (C=O) groups is 1. The average Bonchev–Trinajstić information content (AvgIpc) is 2.97. The molecule has 0 heterocycles. The van der Waals surface area contributed by atoms with Crippen LogP contribution in [-0.2, 0) is 15.8 Å². The Balaban J connectivity index is 2.31. The standard InChI is InChI=1S/C14H18O3/c1-13(2,17)10-4-3-5-11(8-10)14(6-7-14)9-12(15)16/h3-5,8,17H,6-7,9H2,1-2H3,(H,15,16). The van der Waals surface area contributed by atoms with Gasteiger partial charge in [0.15, 0.2) is 0 Å². The number of hydrogen-bond acceptors (Lipinski definition) is 2. The summed E-state index contributed by atoms with van der Waals surface area (Å²) >= 11 is 0. The van der Waals surface area contributed by atoms with E-state index < -0.39 is 11.6 Å². The van der Waals surface area contributed by atoms with Gasteiger partial charge in [-0.1, -0.05) is 24.3 Å². The van der Waals surface area contributed by atoms with E-state index in [1.807, 2.05) is 24.3 Å². The maximum Gasteiger partial charge on any atom is 0.304 e. The third-order valence-electron chi connectivity index (χ3n) is 3.52. The van der Waals surface area contributed by atoms with Crippen molar-refractivity contribution >= 4 is 5.97 Å². The van der Waals surface area contributed by atoms with E-state index >= 15 is 0 Å². The van der Waals surface area contributed by atoms with Crippen LogP contribution in [0.5, 0.6) is 0 Å². The van der Waals surface area contributed by atoms with Crippen LogP contribution in [0.25, 0.3) is 0 Å². The summed E-state index contributed by atoms with van der Waals surface area (Å²) in [5.41, 5.74) is 0.814. The Labute approximate surface area is 101 Å². The Morgan fingerprint density at radius 2 is 2.06 bits per heavy atom. The van der Waals surface area contributed by atoms with Crippen molar-refractivity contribution in [1.82, 2.24) is 0 Å². The fourth-order valence-electron chi connectivity index (χ4n) is 2.24. The van der Waals surface area contributed by atoms with Crippen molar-refractivity contribution in [3.05, 3.63) is 35.4 Å². The van der Waals surface area contributed by atoms with Gasteiger partial charge in [0.25, 0.3) is 0 Å². The number of rotatable bonds is 4. The van der Waals surface area contributed by atoms with Crippen LogP contribution in [0, 0.1) is 0 Å². The molecule has 1 aliphatic carbocycles. The highest BCUT2D eigenvalue weighted by atomic mass is 16.4. The molecule has 3 heteroatoms. The normalized spacial score (nSPS) is 17.8. The number of benzene rings is 1. The van der Waals surface area contributed by atoms with Gasteiger partial charge in [-0.25, -0.2) is 0 Å². The zero-order valence-corrected chi connectivity index (χ0v) is 10.2. The molecule has 1 aliphatic rings. The van der Waals surface area contributed by atoms with Crippen LogP contribution in [0.15, 0.2) is 24.3 Å². The molecule has 17 heavy (non-hydrogen) atoms. The summed E-state index contributed by atoms with van der Waals surface area (Å²) in [6, 6.07) is 7.67. The summed E-state index contributed by atoms with van der Waals surface area (Å²) in [7, 11) is 0. The Morgan fingerprint density at radius 1 is 1.41 bits per heavy atom. The smallest absolute Gasteiger partial charge is 0.304 e. The Kier molecular flexibility index (Phi) is 2.74. The third kappa shape index (κ3) is 2.50. The molecular formula is C14H18O3. The Bertz CT molecular complexity index is 439. The lowest BCUT2D eigenvalue weighted by atomic mass is 9.88. The molecule has 1 aromatic rings. The van der Waals surface area contributed by atoms with Crippen LogP contribution in [0.1, 0.15) is 44.2 Å². The quantitative estimate of drug-likeness (QED) is 0.841. The minimum absolute atomic E-state index is 0.183. The largest absolute Gasteiger partial charge is 0.481 e. The van der Waals surface area contributed by atoms with Gasteiger partial charge in [0, 0.05) is 5.41 Å². The van der Waals surface area contributed by atoms with Gasteiger partial charge in [0.1, 0.15) is 0 Å². The summed E-state index contributed by atoms with van der Waals surface area (Å²) in [5.74, 6) is -0.754. The van der Waals surface area contributed by atoms with Crippen molar-refractivity contribution in [3.63, 3.8) is 0 Å². The van der Waals surface area contributed by atoms with E-state index in [0.717, 1.165) is 24.0 Å². The third-order valence-corrected chi connectivity index (χ3v) is 3.52. The van der Waals surface area contributed by atoms with Crippen LogP contribution in [0.2, 0.25) is 0 Å². The molecule has 0 aromatic heterocycles. The van der Waals surface area contributed by atoms with Crippen LogP contribution in [-0.4, -0.2) is 16.2 Å². The summed E-state index contributed by atoms with van der Waals surface area (Å²) in [4.78, 5) is 10.9. The molecule has 2 rings (SSSR count). The van der Waals surface area contributed by atoms with Crippen LogP contribution in [0.3, 0.4) is 0 Å². The highest BCUT2D eigenvalue weighted by Gasteiger charge is 2.46. The second-order valence-corrected chi connectivity index (χ2v) is 5.49. The maximum absolute atomic E-state index is 10.9. The zero-order valence-electron chi connectivity index (χ0n) is 10.2. The van der Waals surface area contributed by atoms with Gasteiger partial charge >= 0.3 is 5.97 Å². The molecule has 0 aliphatic heterocycles. The van der Waals surface area contributed by atoms with E-state index in [1.165, 1.54) is 0 Å². The Morgan fingerprint density at radius 3 is 2.53 bits per heavy atom. The molecule has 2 N–H and O–H groups in total.